The van der Waals surface area contributed by atoms with E-state index in [1.165, 1.54) is 11.1 Å². The van der Waals surface area contributed by atoms with Crippen molar-refractivity contribution in [2.24, 2.45) is 5.92 Å². The van der Waals surface area contributed by atoms with Crippen molar-refractivity contribution in [3.05, 3.63) is 52.9 Å². The summed E-state index contributed by atoms with van der Waals surface area (Å²) < 4.78 is 10.9. The fraction of sp³-hybridized carbons (Fsp3) is 0.500. The van der Waals surface area contributed by atoms with Crippen molar-refractivity contribution in [2.75, 3.05) is 26.3 Å². The van der Waals surface area contributed by atoms with Gasteiger partial charge in [-0.25, -0.2) is 0 Å². The first-order valence-electron chi connectivity index (χ1n) is 9.26. The summed E-state index contributed by atoms with van der Waals surface area (Å²) in [7, 11) is 0. The molecule has 6 heteroatoms. The highest BCUT2D eigenvalue weighted by Gasteiger charge is 2.31. The van der Waals surface area contributed by atoms with Gasteiger partial charge >= 0.3 is 0 Å². The van der Waals surface area contributed by atoms with Crippen molar-refractivity contribution < 1.29 is 14.1 Å². The molecule has 2 aliphatic heterocycles. The lowest BCUT2D eigenvalue weighted by Gasteiger charge is -2.29. The molecule has 1 amide bonds. The zero-order valence-corrected chi connectivity index (χ0v) is 15.1. The van der Waals surface area contributed by atoms with Crippen LogP contribution in [0.3, 0.4) is 0 Å². The zero-order chi connectivity index (χ0) is 17.9. The number of nitrogens with zero attached hydrogens (tertiary/aromatic N) is 2. The minimum atomic E-state index is 0.0324. The smallest absolute Gasteiger partial charge is 0.234 e. The lowest BCUT2D eigenvalue weighted by molar-refractivity contribution is -0.123. The first-order valence-corrected chi connectivity index (χ1v) is 9.26. The first kappa shape index (κ1) is 17.2. The van der Waals surface area contributed by atoms with Gasteiger partial charge in [0.05, 0.1) is 31.5 Å². The summed E-state index contributed by atoms with van der Waals surface area (Å²) >= 11 is 0. The lowest BCUT2D eigenvalue weighted by atomic mass is 9.98. The standard InChI is InChI=1S/C20H25N3O3/c1-14-8-18(26-22-14)9-17-12-25-13-19(17)21-20(24)11-23-7-6-15-4-2-3-5-16(15)10-23/h2-5,8,17,19H,6-7,9-13H2,1H3,(H,21,24)/t17-,19+/m1/s1. The Morgan fingerprint density at radius 3 is 2.96 bits per heavy atom. The van der Waals surface area contributed by atoms with Gasteiger partial charge in [-0.05, 0) is 24.5 Å². The molecule has 0 saturated carbocycles. The summed E-state index contributed by atoms with van der Waals surface area (Å²) in [4.78, 5) is 14.7. The van der Waals surface area contributed by atoms with E-state index < -0.39 is 0 Å². The first-order chi connectivity index (χ1) is 12.7. The molecule has 6 nitrogen and oxygen atoms in total. The highest BCUT2D eigenvalue weighted by atomic mass is 16.5. The Bertz CT molecular complexity index is 773. The van der Waals surface area contributed by atoms with Crippen molar-refractivity contribution in [1.82, 2.24) is 15.4 Å². The van der Waals surface area contributed by atoms with Crippen molar-refractivity contribution >= 4 is 5.91 Å². The number of fused-ring (bicyclic) bond motifs is 1. The van der Waals surface area contributed by atoms with Gasteiger partial charge in [-0.3, -0.25) is 9.69 Å². The number of rotatable bonds is 5. The highest BCUT2D eigenvalue weighted by molar-refractivity contribution is 5.78. The second-order valence-corrected chi connectivity index (χ2v) is 7.34. The van der Waals surface area contributed by atoms with Crippen LogP contribution in [-0.4, -0.2) is 48.3 Å². The predicted molar refractivity (Wildman–Crippen MR) is 96.6 cm³/mol. The van der Waals surface area contributed by atoms with E-state index >= 15 is 0 Å². The Hall–Kier alpha value is -2.18. The fourth-order valence-corrected chi connectivity index (χ4v) is 3.87. The molecule has 1 aromatic carbocycles. The van der Waals surface area contributed by atoms with E-state index in [2.05, 4.69) is 39.6 Å². The maximum Gasteiger partial charge on any atom is 0.234 e. The van der Waals surface area contributed by atoms with E-state index in [0.29, 0.717) is 19.8 Å². The maximum atomic E-state index is 12.5. The Morgan fingerprint density at radius 2 is 2.15 bits per heavy atom. The van der Waals surface area contributed by atoms with E-state index in [1.54, 1.807) is 0 Å². The van der Waals surface area contributed by atoms with E-state index in [9.17, 15) is 4.79 Å². The normalized spacial score (nSPS) is 23.0. The molecule has 1 aromatic heterocycles. The molecule has 0 unspecified atom stereocenters. The second-order valence-electron chi connectivity index (χ2n) is 7.34. The van der Waals surface area contributed by atoms with Crippen LogP contribution in [0.4, 0.5) is 0 Å². The van der Waals surface area contributed by atoms with Crippen LogP contribution in [0.25, 0.3) is 0 Å². The minimum Gasteiger partial charge on any atom is -0.379 e. The summed E-state index contributed by atoms with van der Waals surface area (Å²) in [6, 6.07) is 10.5. The molecule has 2 aromatic rings. The summed E-state index contributed by atoms with van der Waals surface area (Å²) in [6.07, 6.45) is 1.74. The minimum absolute atomic E-state index is 0.0324. The third-order valence-electron chi connectivity index (χ3n) is 5.26. The lowest BCUT2D eigenvalue weighted by Crippen LogP contribution is -2.46. The van der Waals surface area contributed by atoms with Crippen LogP contribution >= 0.6 is 0 Å². The summed E-state index contributed by atoms with van der Waals surface area (Å²) in [5, 5.41) is 7.09. The average Bonchev–Trinajstić information content (AvgIpc) is 3.24. The van der Waals surface area contributed by atoms with Gasteiger partial charge in [-0.1, -0.05) is 29.4 Å². The number of carbonyl (C=O) groups is 1. The number of hydrogen-bond acceptors (Lipinski definition) is 5. The molecule has 0 spiro atoms. The molecule has 0 radical (unpaired) electrons. The van der Waals surface area contributed by atoms with Crippen molar-refractivity contribution in [3.8, 4) is 0 Å². The van der Waals surface area contributed by atoms with Gasteiger partial charge in [-0.15, -0.1) is 0 Å². The van der Waals surface area contributed by atoms with Gasteiger partial charge in [0.2, 0.25) is 5.91 Å². The Kier molecular flexibility index (Phi) is 5.04. The van der Waals surface area contributed by atoms with Crippen molar-refractivity contribution in [1.29, 1.82) is 0 Å². The van der Waals surface area contributed by atoms with Gasteiger partial charge in [-0.2, -0.15) is 0 Å². The zero-order valence-electron chi connectivity index (χ0n) is 15.1. The van der Waals surface area contributed by atoms with E-state index in [-0.39, 0.29) is 17.9 Å². The monoisotopic (exact) mass is 355 g/mol. The Morgan fingerprint density at radius 1 is 1.31 bits per heavy atom. The van der Waals surface area contributed by atoms with Gasteiger partial charge in [0, 0.05) is 31.5 Å². The third-order valence-corrected chi connectivity index (χ3v) is 5.26. The number of ether oxygens (including phenoxy) is 1. The van der Waals surface area contributed by atoms with Crippen LogP contribution < -0.4 is 5.32 Å². The molecule has 1 saturated heterocycles. The molecular formula is C20H25N3O3. The Balaban J connectivity index is 1.30. The summed E-state index contributed by atoms with van der Waals surface area (Å²) in [5.74, 6) is 1.15. The molecule has 2 aliphatic rings. The summed E-state index contributed by atoms with van der Waals surface area (Å²) in [5.41, 5.74) is 3.61. The van der Waals surface area contributed by atoms with Crippen LogP contribution in [-0.2, 0) is 28.9 Å². The number of aromatic nitrogens is 1. The number of carbonyl (C=O) groups excluding carboxylic acids is 1. The SMILES string of the molecule is Cc1cc(C[C@@H]2COC[C@@H]2NC(=O)CN2CCc3ccccc3C2)on1. The molecule has 2 atom stereocenters. The van der Waals surface area contributed by atoms with Crippen LogP contribution in [0.5, 0.6) is 0 Å². The fourth-order valence-electron chi connectivity index (χ4n) is 3.87. The molecule has 26 heavy (non-hydrogen) atoms. The molecular weight excluding hydrogens is 330 g/mol. The van der Waals surface area contributed by atoms with Gasteiger partial charge in [0.1, 0.15) is 5.76 Å². The van der Waals surface area contributed by atoms with Crippen LogP contribution in [0.1, 0.15) is 22.6 Å². The molecule has 138 valence electrons. The van der Waals surface area contributed by atoms with E-state index in [0.717, 1.165) is 37.4 Å². The Labute approximate surface area is 153 Å². The molecule has 0 bridgehead atoms. The largest absolute Gasteiger partial charge is 0.379 e. The molecule has 4 rings (SSSR count). The summed E-state index contributed by atoms with van der Waals surface area (Å²) in [6.45, 7) is 5.30. The number of hydrogen-bond donors (Lipinski definition) is 1. The third kappa shape index (κ3) is 3.97. The number of nitrogens with one attached hydrogen (secondary N) is 1. The number of aryl methyl sites for hydroxylation is 1. The van der Waals surface area contributed by atoms with Crippen LogP contribution in [0, 0.1) is 12.8 Å². The molecule has 0 aliphatic carbocycles. The molecule has 1 fully saturated rings. The van der Waals surface area contributed by atoms with E-state index in [4.69, 9.17) is 9.26 Å². The molecule has 3 heterocycles. The second kappa shape index (κ2) is 7.60. The van der Waals surface area contributed by atoms with Gasteiger partial charge < -0.3 is 14.6 Å². The quantitative estimate of drug-likeness (QED) is 0.884. The number of benzene rings is 1. The van der Waals surface area contributed by atoms with Gasteiger partial charge in [0.25, 0.3) is 0 Å². The molecule has 1 N–H and O–H groups in total. The van der Waals surface area contributed by atoms with Gasteiger partial charge in [0.15, 0.2) is 0 Å². The predicted octanol–water partition coefficient (Wildman–Crippen LogP) is 1.72. The average molecular weight is 355 g/mol. The van der Waals surface area contributed by atoms with Crippen molar-refractivity contribution in [3.63, 3.8) is 0 Å². The van der Waals surface area contributed by atoms with Crippen LogP contribution in [0.15, 0.2) is 34.9 Å². The number of amides is 1. The van der Waals surface area contributed by atoms with Crippen LogP contribution in [0.2, 0.25) is 0 Å². The van der Waals surface area contributed by atoms with Crippen molar-refractivity contribution in [2.45, 2.75) is 32.4 Å². The maximum absolute atomic E-state index is 12.5. The van der Waals surface area contributed by atoms with E-state index in [1.807, 2.05) is 13.0 Å². The highest BCUT2D eigenvalue weighted by Crippen LogP contribution is 2.21. The topological polar surface area (TPSA) is 67.6 Å².